The average molecular weight is 362 g/mol. The van der Waals surface area contributed by atoms with Crippen LogP contribution in [0.1, 0.15) is 42.7 Å². The Hall–Kier alpha value is -2.62. The van der Waals surface area contributed by atoms with Crippen molar-refractivity contribution in [3.63, 3.8) is 0 Å². The van der Waals surface area contributed by atoms with Gasteiger partial charge >= 0.3 is 6.09 Å². The minimum Gasteiger partial charge on any atom is -0.450 e. The van der Waals surface area contributed by atoms with Crippen molar-refractivity contribution in [2.24, 2.45) is 0 Å². The summed E-state index contributed by atoms with van der Waals surface area (Å²) in [5.41, 5.74) is 6.31. The summed E-state index contributed by atoms with van der Waals surface area (Å²) >= 11 is 0. The molecule has 0 bridgehead atoms. The highest BCUT2D eigenvalue weighted by Gasteiger charge is 2.40. The highest BCUT2D eigenvalue weighted by molar-refractivity contribution is 5.68. The van der Waals surface area contributed by atoms with E-state index in [1.165, 1.54) is 22.3 Å². The quantitative estimate of drug-likeness (QED) is 0.749. The SMILES string of the molecule is CCOC(=O)N1CC=C(C2(C)c3ccccc3CCc3cccnc32)CC1. The Morgan fingerprint density at radius 3 is 2.70 bits per heavy atom. The summed E-state index contributed by atoms with van der Waals surface area (Å²) in [6.07, 6.45) is 6.77. The molecule has 1 aliphatic heterocycles. The van der Waals surface area contributed by atoms with Gasteiger partial charge in [0.25, 0.3) is 0 Å². The van der Waals surface area contributed by atoms with Gasteiger partial charge in [-0.3, -0.25) is 4.98 Å². The third kappa shape index (κ3) is 3.03. The van der Waals surface area contributed by atoms with Gasteiger partial charge in [-0.1, -0.05) is 42.0 Å². The molecule has 0 saturated heterocycles. The van der Waals surface area contributed by atoms with Crippen LogP contribution < -0.4 is 0 Å². The zero-order chi connectivity index (χ0) is 18.9. The minimum absolute atomic E-state index is 0.224. The second kappa shape index (κ2) is 7.18. The molecule has 0 fully saturated rings. The summed E-state index contributed by atoms with van der Waals surface area (Å²) in [5, 5.41) is 0. The molecule has 0 saturated carbocycles. The van der Waals surface area contributed by atoms with Gasteiger partial charge in [0.1, 0.15) is 0 Å². The van der Waals surface area contributed by atoms with E-state index in [4.69, 9.17) is 9.72 Å². The molecule has 1 atom stereocenters. The van der Waals surface area contributed by atoms with Crippen LogP contribution in [-0.2, 0) is 23.0 Å². The minimum atomic E-state index is -0.259. The zero-order valence-corrected chi connectivity index (χ0v) is 16.1. The van der Waals surface area contributed by atoms with Crippen LogP contribution >= 0.6 is 0 Å². The van der Waals surface area contributed by atoms with Crippen molar-refractivity contribution in [1.82, 2.24) is 9.88 Å². The smallest absolute Gasteiger partial charge is 0.410 e. The molecule has 27 heavy (non-hydrogen) atoms. The molecule has 1 aromatic carbocycles. The van der Waals surface area contributed by atoms with Gasteiger partial charge in [0.05, 0.1) is 17.7 Å². The van der Waals surface area contributed by atoms with Crippen LogP contribution in [0.3, 0.4) is 0 Å². The number of hydrogen-bond acceptors (Lipinski definition) is 3. The molecule has 2 aliphatic rings. The van der Waals surface area contributed by atoms with Crippen LogP contribution in [-0.4, -0.2) is 35.7 Å². The molecule has 4 heteroatoms. The molecule has 0 N–H and O–H groups in total. The molecular formula is C23H26N2O2. The van der Waals surface area contributed by atoms with Crippen LogP contribution in [0.25, 0.3) is 0 Å². The van der Waals surface area contributed by atoms with Crippen LogP contribution in [0.2, 0.25) is 0 Å². The van der Waals surface area contributed by atoms with E-state index in [0.717, 1.165) is 25.0 Å². The van der Waals surface area contributed by atoms with Crippen molar-refractivity contribution in [1.29, 1.82) is 0 Å². The lowest BCUT2D eigenvalue weighted by Crippen LogP contribution is -2.39. The molecule has 4 rings (SSSR count). The van der Waals surface area contributed by atoms with E-state index in [0.29, 0.717) is 19.7 Å². The first-order valence-electron chi connectivity index (χ1n) is 9.78. The number of aryl methyl sites for hydroxylation is 2. The van der Waals surface area contributed by atoms with Crippen molar-refractivity contribution >= 4 is 6.09 Å². The Kier molecular flexibility index (Phi) is 4.73. The fourth-order valence-corrected chi connectivity index (χ4v) is 4.54. The largest absolute Gasteiger partial charge is 0.450 e. The fraction of sp³-hybridized carbons (Fsp3) is 0.391. The van der Waals surface area contributed by atoms with E-state index in [9.17, 15) is 4.79 Å². The Bertz CT molecular complexity index is 840. The third-order valence-corrected chi connectivity index (χ3v) is 5.96. The van der Waals surface area contributed by atoms with Gasteiger partial charge in [0, 0.05) is 19.3 Å². The van der Waals surface area contributed by atoms with Gasteiger partial charge in [-0.2, -0.15) is 0 Å². The van der Waals surface area contributed by atoms with Crippen molar-refractivity contribution in [2.45, 2.75) is 38.5 Å². The predicted molar refractivity (Wildman–Crippen MR) is 106 cm³/mol. The third-order valence-electron chi connectivity index (χ3n) is 5.96. The maximum Gasteiger partial charge on any atom is 0.410 e. The molecule has 0 spiro atoms. The van der Waals surface area contributed by atoms with Crippen molar-refractivity contribution in [2.75, 3.05) is 19.7 Å². The van der Waals surface area contributed by atoms with E-state index < -0.39 is 0 Å². The summed E-state index contributed by atoms with van der Waals surface area (Å²) in [6, 6.07) is 13.0. The second-order valence-corrected chi connectivity index (χ2v) is 7.42. The van der Waals surface area contributed by atoms with Crippen LogP contribution in [0, 0.1) is 0 Å². The maximum atomic E-state index is 12.1. The summed E-state index contributed by atoms with van der Waals surface area (Å²) in [7, 11) is 0. The van der Waals surface area contributed by atoms with Crippen molar-refractivity contribution < 1.29 is 9.53 Å². The van der Waals surface area contributed by atoms with Gasteiger partial charge in [0.2, 0.25) is 0 Å². The van der Waals surface area contributed by atoms with E-state index in [2.05, 4.69) is 43.3 Å². The number of ether oxygens (including phenoxy) is 1. The van der Waals surface area contributed by atoms with E-state index >= 15 is 0 Å². The van der Waals surface area contributed by atoms with Gasteiger partial charge < -0.3 is 9.64 Å². The van der Waals surface area contributed by atoms with Gasteiger partial charge in [-0.05, 0) is 55.9 Å². The van der Waals surface area contributed by atoms with Gasteiger partial charge in [0.15, 0.2) is 0 Å². The van der Waals surface area contributed by atoms with Crippen molar-refractivity contribution in [3.05, 3.63) is 76.6 Å². The lowest BCUT2D eigenvalue weighted by atomic mass is 9.69. The Balaban J connectivity index is 1.78. The Labute approximate surface area is 160 Å². The number of carbonyl (C=O) groups is 1. The van der Waals surface area contributed by atoms with Crippen LogP contribution in [0.4, 0.5) is 4.79 Å². The normalized spacial score (nSPS) is 21.6. The maximum absolute atomic E-state index is 12.1. The number of fused-ring (bicyclic) bond motifs is 2. The topological polar surface area (TPSA) is 42.4 Å². The van der Waals surface area contributed by atoms with E-state index in [1.807, 2.05) is 19.2 Å². The first-order valence-corrected chi connectivity index (χ1v) is 9.78. The number of nitrogens with zero attached hydrogens (tertiary/aromatic N) is 2. The lowest BCUT2D eigenvalue weighted by Gasteiger charge is -2.38. The number of rotatable bonds is 2. The van der Waals surface area contributed by atoms with Gasteiger partial charge in [-0.15, -0.1) is 0 Å². The molecule has 1 amide bonds. The Morgan fingerprint density at radius 1 is 1.15 bits per heavy atom. The second-order valence-electron chi connectivity index (χ2n) is 7.42. The number of amides is 1. The predicted octanol–water partition coefficient (Wildman–Crippen LogP) is 4.27. The standard InChI is InChI=1S/C23H26N2O2/c1-3-27-22(26)25-15-12-19(13-16-25)23(2)20-9-5-4-7-17(20)10-11-18-8-6-14-24-21(18)23/h4-9,12,14H,3,10-11,13,15-16H2,1-2H3. The van der Waals surface area contributed by atoms with Gasteiger partial charge in [-0.25, -0.2) is 4.79 Å². The molecule has 4 nitrogen and oxygen atoms in total. The first-order chi connectivity index (χ1) is 13.1. The van der Waals surface area contributed by atoms with Crippen LogP contribution in [0.15, 0.2) is 54.2 Å². The zero-order valence-electron chi connectivity index (χ0n) is 16.1. The van der Waals surface area contributed by atoms with Crippen LogP contribution in [0.5, 0.6) is 0 Å². The molecular weight excluding hydrogens is 336 g/mol. The first kappa shape index (κ1) is 17.8. The molecule has 2 heterocycles. The summed E-state index contributed by atoms with van der Waals surface area (Å²) in [6.45, 7) is 5.83. The molecule has 1 aromatic heterocycles. The van der Waals surface area contributed by atoms with E-state index in [1.54, 1.807) is 4.90 Å². The average Bonchev–Trinajstić information content (AvgIpc) is 2.84. The lowest BCUT2D eigenvalue weighted by molar-refractivity contribution is 0.109. The summed E-state index contributed by atoms with van der Waals surface area (Å²) in [5.74, 6) is 0. The number of benzene rings is 1. The molecule has 0 radical (unpaired) electrons. The highest BCUT2D eigenvalue weighted by atomic mass is 16.6. The number of aromatic nitrogens is 1. The van der Waals surface area contributed by atoms with Crippen molar-refractivity contribution in [3.8, 4) is 0 Å². The number of carbonyl (C=O) groups excluding carboxylic acids is 1. The molecule has 1 aliphatic carbocycles. The Morgan fingerprint density at radius 2 is 1.93 bits per heavy atom. The molecule has 2 aromatic rings. The summed E-state index contributed by atoms with van der Waals surface area (Å²) < 4.78 is 5.17. The molecule has 1 unspecified atom stereocenters. The number of hydrogen-bond donors (Lipinski definition) is 0. The molecule has 140 valence electrons. The summed E-state index contributed by atoms with van der Waals surface area (Å²) in [4.78, 5) is 18.7. The number of pyridine rings is 1. The monoisotopic (exact) mass is 362 g/mol. The fourth-order valence-electron chi connectivity index (χ4n) is 4.54. The highest BCUT2D eigenvalue weighted by Crippen LogP contribution is 2.45. The van der Waals surface area contributed by atoms with E-state index in [-0.39, 0.29) is 11.5 Å².